The summed E-state index contributed by atoms with van der Waals surface area (Å²) in [6.07, 6.45) is 0. The molecule has 0 radical (unpaired) electrons. The molecule has 0 saturated heterocycles. The van der Waals surface area contributed by atoms with Gasteiger partial charge in [0.15, 0.2) is 5.78 Å². The van der Waals surface area contributed by atoms with E-state index >= 15 is 0 Å². The highest BCUT2D eigenvalue weighted by molar-refractivity contribution is 6.28. The lowest BCUT2D eigenvalue weighted by Gasteiger charge is -2.12. The molecule has 0 rings (SSSR count). The van der Waals surface area contributed by atoms with Crippen LogP contribution in [0.5, 0.6) is 0 Å². The first kappa shape index (κ1) is 10.3. The number of carbonyl (C=O) groups excluding carboxylic acids is 1. The SMILES string of the molecule is NC(C(=O)O)C(N)C(=O)CCl. The number of hydrogen-bond acceptors (Lipinski definition) is 4. The highest BCUT2D eigenvalue weighted by Gasteiger charge is 2.25. The second-order valence-electron chi connectivity index (χ2n) is 1.99. The topological polar surface area (TPSA) is 106 Å². The number of Topliss-reactive ketones (excluding diaryl/α,β-unsaturated/α-hetero) is 1. The number of ketones is 1. The van der Waals surface area contributed by atoms with E-state index in [0.717, 1.165) is 0 Å². The van der Waals surface area contributed by atoms with Crippen molar-refractivity contribution in [2.24, 2.45) is 11.5 Å². The summed E-state index contributed by atoms with van der Waals surface area (Å²) >= 11 is 5.12. The van der Waals surface area contributed by atoms with Gasteiger partial charge in [0, 0.05) is 0 Å². The molecule has 2 atom stereocenters. The van der Waals surface area contributed by atoms with Gasteiger partial charge >= 0.3 is 5.97 Å². The maximum Gasteiger partial charge on any atom is 0.322 e. The summed E-state index contributed by atoms with van der Waals surface area (Å²) in [6.45, 7) is 0. The predicted octanol–water partition coefficient (Wildman–Crippen LogP) is -1.47. The molecule has 0 spiro atoms. The van der Waals surface area contributed by atoms with Gasteiger partial charge in [0.05, 0.1) is 11.9 Å². The number of alkyl halides is 1. The Morgan fingerprint density at radius 3 is 2.09 bits per heavy atom. The lowest BCUT2D eigenvalue weighted by Crippen LogP contribution is -2.52. The fraction of sp³-hybridized carbons (Fsp3) is 0.600. The van der Waals surface area contributed by atoms with Gasteiger partial charge in [-0.3, -0.25) is 9.59 Å². The zero-order valence-electron chi connectivity index (χ0n) is 5.66. The summed E-state index contributed by atoms with van der Waals surface area (Å²) < 4.78 is 0. The van der Waals surface area contributed by atoms with Crippen LogP contribution in [0.1, 0.15) is 0 Å². The fourth-order valence-electron chi connectivity index (χ4n) is 0.443. The van der Waals surface area contributed by atoms with Gasteiger partial charge in [0.2, 0.25) is 0 Å². The van der Waals surface area contributed by atoms with Gasteiger partial charge in [-0.2, -0.15) is 0 Å². The van der Waals surface area contributed by atoms with Gasteiger partial charge in [0.25, 0.3) is 0 Å². The molecule has 0 aliphatic carbocycles. The van der Waals surface area contributed by atoms with Gasteiger partial charge in [-0.25, -0.2) is 0 Å². The molecule has 0 fully saturated rings. The van der Waals surface area contributed by atoms with Crippen LogP contribution in [0.4, 0.5) is 0 Å². The molecule has 0 aliphatic rings. The minimum atomic E-state index is -1.37. The van der Waals surface area contributed by atoms with Crippen LogP contribution in [0.3, 0.4) is 0 Å². The number of hydrogen-bond donors (Lipinski definition) is 3. The lowest BCUT2D eigenvalue weighted by atomic mass is 10.1. The second-order valence-corrected chi connectivity index (χ2v) is 2.26. The van der Waals surface area contributed by atoms with Crippen LogP contribution in [0.15, 0.2) is 0 Å². The monoisotopic (exact) mass is 180 g/mol. The molecule has 0 amide bonds. The van der Waals surface area contributed by atoms with E-state index in [0.29, 0.717) is 0 Å². The van der Waals surface area contributed by atoms with Crippen LogP contribution in [0.2, 0.25) is 0 Å². The molecule has 0 aromatic carbocycles. The van der Waals surface area contributed by atoms with Crippen LogP contribution >= 0.6 is 11.6 Å². The number of nitrogens with two attached hydrogens (primary N) is 2. The Morgan fingerprint density at radius 2 is 1.82 bits per heavy atom. The van der Waals surface area contributed by atoms with Crippen molar-refractivity contribution in [2.45, 2.75) is 12.1 Å². The van der Waals surface area contributed by atoms with Crippen LogP contribution in [-0.4, -0.2) is 34.8 Å². The average Bonchev–Trinajstić information content (AvgIpc) is 2.00. The van der Waals surface area contributed by atoms with Crippen molar-refractivity contribution in [1.82, 2.24) is 0 Å². The zero-order chi connectivity index (χ0) is 9.02. The summed E-state index contributed by atoms with van der Waals surface area (Å²) in [5.41, 5.74) is 10.2. The summed E-state index contributed by atoms with van der Waals surface area (Å²) in [7, 11) is 0. The summed E-state index contributed by atoms with van der Waals surface area (Å²) in [6, 6.07) is -2.59. The van der Waals surface area contributed by atoms with Crippen molar-refractivity contribution in [3.05, 3.63) is 0 Å². The molecule has 0 heterocycles. The van der Waals surface area contributed by atoms with Gasteiger partial charge < -0.3 is 16.6 Å². The first-order valence-electron chi connectivity index (χ1n) is 2.83. The first-order chi connectivity index (χ1) is 5.00. The summed E-state index contributed by atoms with van der Waals surface area (Å²) in [4.78, 5) is 20.8. The van der Waals surface area contributed by atoms with Crippen molar-refractivity contribution in [2.75, 3.05) is 5.88 Å². The van der Waals surface area contributed by atoms with Gasteiger partial charge in [-0.05, 0) is 0 Å². The van der Waals surface area contributed by atoms with E-state index in [2.05, 4.69) is 0 Å². The van der Waals surface area contributed by atoms with E-state index in [1.54, 1.807) is 0 Å². The normalized spacial score (nSPS) is 15.5. The van der Waals surface area contributed by atoms with E-state index in [1.807, 2.05) is 0 Å². The van der Waals surface area contributed by atoms with Gasteiger partial charge in [-0.1, -0.05) is 0 Å². The van der Waals surface area contributed by atoms with Crippen molar-refractivity contribution in [3.8, 4) is 0 Å². The van der Waals surface area contributed by atoms with Crippen molar-refractivity contribution in [1.29, 1.82) is 0 Å². The van der Waals surface area contributed by atoms with E-state index in [9.17, 15) is 9.59 Å². The summed E-state index contributed by atoms with van der Waals surface area (Å²) in [5.74, 6) is -2.19. The molecule has 5 nitrogen and oxygen atoms in total. The predicted molar refractivity (Wildman–Crippen MR) is 39.3 cm³/mol. The number of rotatable bonds is 4. The Kier molecular flexibility index (Phi) is 4.02. The number of halogens is 1. The van der Waals surface area contributed by atoms with Crippen molar-refractivity contribution in [3.63, 3.8) is 0 Å². The van der Waals surface area contributed by atoms with E-state index in [-0.39, 0.29) is 5.88 Å². The third-order valence-corrected chi connectivity index (χ3v) is 1.44. The highest BCUT2D eigenvalue weighted by Crippen LogP contribution is 1.91. The molecule has 0 aromatic heterocycles. The Hall–Kier alpha value is -0.650. The lowest BCUT2D eigenvalue weighted by molar-refractivity contribution is -0.140. The molecule has 6 heteroatoms. The molecule has 0 aliphatic heterocycles. The Morgan fingerprint density at radius 1 is 1.36 bits per heavy atom. The van der Waals surface area contributed by atoms with Crippen LogP contribution in [0, 0.1) is 0 Å². The zero-order valence-corrected chi connectivity index (χ0v) is 6.41. The molecule has 64 valence electrons. The molecule has 0 saturated carbocycles. The second kappa shape index (κ2) is 4.27. The standard InChI is InChI=1S/C5H9ClN2O3/c6-1-2(9)3(7)4(8)5(10)11/h3-4H,1,7-8H2,(H,10,11). The first-order valence-corrected chi connectivity index (χ1v) is 3.36. The van der Waals surface area contributed by atoms with Gasteiger partial charge in [0.1, 0.15) is 6.04 Å². The number of carbonyl (C=O) groups is 2. The van der Waals surface area contributed by atoms with E-state index in [4.69, 9.17) is 28.2 Å². The van der Waals surface area contributed by atoms with Gasteiger partial charge in [-0.15, -0.1) is 11.6 Å². The maximum absolute atomic E-state index is 10.7. The number of carboxylic acids is 1. The Bertz CT molecular complexity index is 173. The minimum Gasteiger partial charge on any atom is -0.480 e. The van der Waals surface area contributed by atoms with Crippen LogP contribution in [0.25, 0.3) is 0 Å². The smallest absolute Gasteiger partial charge is 0.322 e. The highest BCUT2D eigenvalue weighted by atomic mass is 35.5. The third kappa shape index (κ3) is 2.83. The van der Waals surface area contributed by atoms with Crippen LogP contribution < -0.4 is 11.5 Å². The largest absolute Gasteiger partial charge is 0.480 e. The minimum absolute atomic E-state index is 0.317. The Labute approximate surface area is 68.3 Å². The van der Waals surface area contributed by atoms with E-state index in [1.165, 1.54) is 0 Å². The Balaban J connectivity index is 4.12. The van der Waals surface area contributed by atoms with Crippen LogP contribution in [-0.2, 0) is 9.59 Å². The molecule has 2 unspecified atom stereocenters. The third-order valence-electron chi connectivity index (χ3n) is 1.18. The fourth-order valence-corrected chi connectivity index (χ4v) is 0.621. The summed E-state index contributed by atoms with van der Waals surface area (Å²) in [5, 5.41) is 8.30. The van der Waals surface area contributed by atoms with Crippen molar-refractivity contribution < 1.29 is 14.7 Å². The molecular weight excluding hydrogens is 172 g/mol. The molecular formula is C5H9ClN2O3. The average molecular weight is 181 g/mol. The molecule has 5 N–H and O–H groups in total. The quantitative estimate of drug-likeness (QED) is 0.458. The molecule has 0 aromatic rings. The van der Waals surface area contributed by atoms with Crippen molar-refractivity contribution >= 4 is 23.4 Å². The maximum atomic E-state index is 10.7. The van der Waals surface area contributed by atoms with E-state index < -0.39 is 23.8 Å². The number of carboxylic acid groups (broad SMARTS) is 1. The number of aliphatic carboxylic acids is 1. The molecule has 0 bridgehead atoms. The molecule has 11 heavy (non-hydrogen) atoms.